The molecule has 0 unspecified atom stereocenters. The molecule has 0 atom stereocenters. The summed E-state index contributed by atoms with van der Waals surface area (Å²) in [4.78, 5) is 37.9. The smallest absolute Gasteiger partial charge is 0.319 e. The molecule has 1 heterocycles. The summed E-state index contributed by atoms with van der Waals surface area (Å²) in [5.74, 6) is -3.27. The van der Waals surface area contributed by atoms with E-state index in [4.69, 9.17) is 23.2 Å². The van der Waals surface area contributed by atoms with Crippen LogP contribution in [0.1, 0.15) is 10.5 Å². The minimum atomic E-state index is -1.07. The molecule has 0 saturated heterocycles. The van der Waals surface area contributed by atoms with Crippen LogP contribution < -0.4 is 16.1 Å². The van der Waals surface area contributed by atoms with Gasteiger partial charge in [0.15, 0.2) is 0 Å². The summed E-state index contributed by atoms with van der Waals surface area (Å²) >= 11 is 12.2. The van der Waals surface area contributed by atoms with E-state index in [0.717, 1.165) is 6.07 Å². The number of hydrogen-bond acceptors (Lipinski definition) is 3. The zero-order valence-electron chi connectivity index (χ0n) is 16.7. The topological polar surface area (TPSA) is 92.2 Å². The van der Waals surface area contributed by atoms with Gasteiger partial charge in [0, 0.05) is 16.1 Å². The monoisotopic (exact) mass is 484 g/mol. The quantitative estimate of drug-likeness (QED) is 0.354. The molecule has 166 valence electrons. The number of rotatable bonds is 4. The molecular weight excluding hydrogens is 470 g/mol. The number of hydrogen-bond donors (Lipinski definition) is 3. The lowest BCUT2D eigenvalue weighted by atomic mass is 10.2. The number of fused-ring (bicyclic) bond motifs is 1. The molecule has 4 aromatic rings. The Kier molecular flexibility index (Phi) is 6.30. The Bertz CT molecular complexity index is 1400. The molecule has 0 aliphatic heterocycles. The number of nitrogens with zero attached hydrogens (tertiary/aromatic N) is 1. The van der Waals surface area contributed by atoms with Crippen molar-refractivity contribution in [3.8, 4) is 0 Å². The largest absolute Gasteiger partial charge is 0.328 e. The van der Waals surface area contributed by atoms with Gasteiger partial charge in [0.1, 0.15) is 11.5 Å². The molecule has 0 fully saturated rings. The summed E-state index contributed by atoms with van der Waals surface area (Å²) in [6.45, 7) is 0. The standard InChI is InChI=1S/C23H15Cl2FN4O3/c24-14-8-9-19-13(10-14)11-20(21(31)28-18-7-2-1-6-17(18)25)30(19)29-23(33)22(32)27-16-5-3-4-15(26)12-16/h1-12H,(H,27,32)(H,28,31)(H,29,33). The Labute approximate surface area is 197 Å². The van der Waals surface area contributed by atoms with Crippen molar-refractivity contribution in [3.05, 3.63) is 94.4 Å². The predicted octanol–water partition coefficient (Wildman–Crippen LogP) is 5.05. The Morgan fingerprint density at radius 2 is 1.61 bits per heavy atom. The lowest BCUT2D eigenvalue weighted by Gasteiger charge is -2.13. The summed E-state index contributed by atoms with van der Waals surface area (Å²) in [7, 11) is 0. The SMILES string of the molecule is O=C(Nc1cccc(F)c1)C(=O)Nn1c(C(=O)Nc2ccccc2Cl)cc2cc(Cl)ccc21. The van der Waals surface area contributed by atoms with E-state index in [1.165, 1.54) is 28.9 Å². The van der Waals surface area contributed by atoms with Gasteiger partial charge in [-0.2, -0.15) is 0 Å². The number of anilines is 2. The average molecular weight is 485 g/mol. The zero-order chi connectivity index (χ0) is 23.5. The molecule has 33 heavy (non-hydrogen) atoms. The van der Waals surface area contributed by atoms with E-state index in [9.17, 15) is 18.8 Å². The van der Waals surface area contributed by atoms with Gasteiger partial charge in [-0.1, -0.05) is 41.4 Å². The fourth-order valence-corrected chi connectivity index (χ4v) is 3.49. The second kappa shape index (κ2) is 9.32. The fourth-order valence-electron chi connectivity index (χ4n) is 3.13. The number of carbonyl (C=O) groups excluding carboxylic acids is 3. The summed E-state index contributed by atoms with van der Waals surface area (Å²) < 4.78 is 14.5. The number of nitrogens with one attached hydrogen (secondary N) is 3. The highest BCUT2D eigenvalue weighted by Gasteiger charge is 2.21. The number of carbonyl (C=O) groups is 3. The first-order chi connectivity index (χ1) is 15.8. The summed E-state index contributed by atoms with van der Waals surface area (Å²) in [5.41, 5.74) is 3.33. The summed E-state index contributed by atoms with van der Waals surface area (Å²) in [6, 6.07) is 18.1. The van der Waals surface area contributed by atoms with E-state index in [1.54, 1.807) is 42.5 Å². The second-order valence-electron chi connectivity index (χ2n) is 6.91. The molecule has 0 aliphatic carbocycles. The average Bonchev–Trinajstić information content (AvgIpc) is 3.12. The molecule has 7 nitrogen and oxygen atoms in total. The van der Waals surface area contributed by atoms with Gasteiger partial charge in [-0.25, -0.2) is 9.07 Å². The molecule has 3 amide bonds. The fraction of sp³-hybridized carbons (Fsp3) is 0. The third kappa shape index (κ3) is 4.97. The maximum atomic E-state index is 13.4. The molecule has 4 rings (SSSR count). The Balaban J connectivity index is 1.64. The van der Waals surface area contributed by atoms with Crippen molar-refractivity contribution in [2.24, 2.45) is 0 Å². The van der Waals surface area contributed by atoms with Gasteiger partial charge in [0.05, 0.1) is 16.2 Å². The van der Waals surface area contributed by atoms with Crippen molar-refractivity contribution >= 4 is 63.2 Å². The molecule has 0 bridgehead atoms. The maximum Gasteiger partial charge on any atom is 0.328 e. The van der Waals surface area contributed by atoms with Crippen LogP contribution in [0.4, 0.5) is 15.8 Å². The van der Waals surface area contributed by atoms with Crippen LogP contribution in [0.5, 0.6) is 0 Å². The van der Waals surface area contributed by atoms with Gasteiger partial charge >= 0.3 is 11.8 Å². The maximum absolute atomic E-state index is 13.4. The van der Waals surface area contributed by atoms with Crippen molar-refractivity contribution in [1.82, 2.24) is 4.68 Å². The molecule has 10 heteroatoms. The molecule has 0 spiro atoms. The molecular formula is C23H15Cl2FN4O3. The highest BCUT2D eigenvalue weighted by atomic mass is 35.5. The molecule has 0 aliphatic rings. The van der Waals surface area contributed by atoms with E-state index >= 15 is 0 Å². The van der Waals surface area contributed by atoms with Crippen molar-refractivity contribution in [2.45, 2.75) is 0 Å². The molecule has 3 N–H and O–H groups in total. The predicted molar refractivity (Wildman–Crippen MR) is 126 cm³/mol. The summed E-state index contributed by atoms with van der Waals surface area (Å²) in [6.07, 6.45) is 0. The molecule has 1 aromatic heterocycles. The lowest BCUT2D eigenvalue weighted by Crippen LogP contribution is -2.36. The van der Waals surface area contributed by atoms with Gasteiger partial charge in [-0.3, -0.25) is 19.8 Å². The van der Waals surface area contributed by atoms with Gasteiger partial charge < -0.3 is 10.6 Å². The minimum absolute atomic E-state index is 0.0269. The highest BCUT2D eigenvalue weighted by Crippen LogP contribution is 2.25. The van der Waals surface area contributed by atoms with Crippen LogP contribution in [0.2, 0.25) is 10.0 Å². The van der Waals surface area contributed by atoms with E-state index in [0.29, 0.717) is 26.6 Å². The Morgan fingerprint density at radius 1 is 0.818 bits per heavy atom. The van der Waals surface area contributed by atoms with Crippen molar-refractivity contribution in [1.29, 1.82) is 0 Å². The van der Waals surface area contributed by atoms with E-state index in [1.807, 2.05) is 0 Å². The van der Waals surface area contributed by atoms with E-state index < -0.39 is 23.5 Å². The van der Waals surface area contributed by atoms with Gasteiger partial charge in [0.25, 0.3) is 5.91 Å². The molecule has 3 aromatic carbocycles. The number of halogens is 3. The number of para-hydroxylation sites is 1. The van der Waals surface area contributed by atoms with Crippen molar-refractivity contribution < 1.29 is 18.8 Å². The zero-order valence-corrected chi connectivity index (χ0v) is 18.2. The minimum Gasteiger partial charge on any atom is -0.319 e. The van der Waals surface area contributed by atoms with Crippen LogP contribution in [-0.4, -0.2) is 22.4 Å². The van der Waals surface area contributed by atoms with Crippen LogP contribution in [0, 0.1) is 5.82 Å². The van der Waals surface area contributed by atoms with Crippen molar-refractivity contribution in [3.63, 3.8) is 0 Å². The lowest BCUT2D eigenvalue weighted by molar-refractivity contribution is -0.133. The van der Waals surface area contributed by atoms with Gasteiger partial charge in [0.2, 0.25) is 0 Å². The second-order valence-corrected chi connectivity index (χ2v) is 7.75. The first-order valence-corrected chi connectivity index (χ1v) is 10.3. The number of benzene rings is 3. The van der Waals surface area contributed by atoms with E-state index in [2.05, 4.69) is 16.1 Å². The third-order valence-electron chi connectivity index (χ3n) is 4.62. The third-order valence-corrected chi connectivity index (χ3v) is 5.19. The molecule has 0 saturated carbocycles. The van der Waals surface area contributed by atoms with Gasteiger partial charge in [-0.05, 0) is 54.6 Å². The first kappa shape index (κ1) is 22.3. The van der Waals surface area contributed by atoms with Crippen LogP contribution in [0.25, 0.3) is 10.9 Å². The Hall–Kier alpha value is -3.88. The van der Waals surface area contributed by atoms with E-state index in [-0.39, 0.29) is 11.4 Å². The van der Waals surface area contributed by atoms with Crippen molar-refractivity contribution in [2.75, 3.05) is 16.1 Å². The molecule has 0 radical (unpaired) electrons. The Morgan fingerprint density at radius 3 is 2.36 bits per heavy atom. The number of aromatic nitrogens is 1. The van der Waals surface area contributed by atoms with Crippen LogP contribution in [-0.2, 0) is 9.59 Å². The van der Waals surface area contributed by atoms with Crippen LogP contribution in [0.3, 0.4) is 0 Å². The van der Waals surface area contributed by atoms with Crippen LogP contribution >= 0.6 is 23.2 Å². The first-order valence-electron chi connectivity index (χ1n) is 9.56. The summed E-state index contributed by atoms with van der Waals surface area (Å²) in [5, 5.41) is 6.28. The van der Waals surface area contributed by atoms with Gasteiger partial charge in [-0.15, -0.1) is 0 Å². The van der Waals surface area contributed by atoms with Crippen LogP contribution in [0.15, 0.2) is 72.8 Å². The normalized spacial score (nSPS) is 10.6. The number of amides is 3. The highest BCUT2D eigenvalue weighted by molar-refractivity contribution is 6.42.